The maximum absolute atomic E-state index is 13.4. The summed E-state index contributed by atoms with van der Waals surface area (Å²) in [4.78, 5) is 13.4. The van der Waals surface area contributed by atoms with Gasteiger partial charge in [-0.1, -0.05) is 30.7 Å². The predicted octanol–water partition coefficient (Wildman–Crippen LogP) is 4.33. The van der Waals surface area contributed by atoms with Gasteiger partial charge >= 0.3 is 0 Å². The molecule has 0 aliphatic heterocycles. The number of ether oxygens (including phenoxy) is 2. The van der Waals surface area contributed by atoms with Crippen molar-refractivity contribution in [1.29, 1.82) is 0 Å². The standard InChI is InChI=1S/C24H20ClN5O3/c1-4-17-21(14-5-8-16(32-2)9-6-14)23-27-26-22-18(30(23)28-17)11-12-29(24(22)31)19-13-15(25)7-10-20(19)33-3/h5-13H,4H2,1-3H3. The molecule has 0 fully saturated rings. The number of halogens is 1. The van der Waals surface area contributed by atoms with Gasteiger partial charge in [0.15, 0.2) is 11.2 Å². The van der Waals surface area contributed by atoms with Crippen LogP contribution < -0.4 is 15.0 Å². The summed E-state index contributed by atoms with van der Waals surface area (Å²) in [5, 5.41) is 13.9. The van der Waals surface area contributed by atoms with Gasteiger partial charge < -0.3 is 9.47 Å². The van der Waals surface area contributed by atoms with Crippen LogP contribution in [0.2, 0.25) is 5.02 Å². The van der Waals surface area contributed by atoms with Crippen molar-refractivity contribution in [3.8, 4) is 28.3 Å². The van der Waals surface area contributed by atoms with Crippen LogP contribution in [0.25, 0.3) is 33.5 Å². The Kier molecular flexibility index (Phi) is 5.22. The Bertz CT molecular complexity index is 1560. The fourth-order valence-electron chi connectivity index (χ4n) is 3.93. The molecule has 0 aliphatic carbocycles. The molecule has 0 saturated heterocycles. The third kappa shape index (κ3) is 3.39. The van der Waals surface area contributed by atoms with Crippen LogP contribution in [0.3, 0.4) is 0 Å². The molecule has 166 valence electrons. The molecule has 0 N–H and O–H groups in total. The lowest BCUT2D eigenvalue weighted by Crippen LogP contribution is -2.20. The molecular formula is C24H20ClN5O3. The molecule has 3 aromatic heterocycles. The van der Waals surface area contributed by atoms with Gasteiger partial charge in [-0.2, -0.15) is 5.10 Å². The number of methoxy groups -OCH3 is 2. The van der Waals surface area contributed by atoms with Gasteiger partial charge in [0, 0.05) is 11.2 Å². The van der Waals surface area contributed by atoms with Crippen LogP contribution >= 0.6 is 11.6 Å². The summed E-state index contributed by atoms with van der Waals surface area (Å²) in [6, 6.07) is 14.6. The Morgan fingerprint density at radius 3 is 2.48 bits per heavy atom. The van der Waals surface area contributed by atoms with Crippen LogP contribution in [0.15, 0.2) is 59.5 Å². The zero-order valence-electron chi connectivity index (χ0n) is 18.2. The summed E-state index contributed by atoms with van der Waals surface area (Å²) in [6.45, 7) is 2.03. The van der Waals surface area contributed by atoms with E-state index in [0.29, 0.717) is 34.0 Å². The first-order chi connectivity index (χ1) is 16.0. The van der Waals surface area contributed by atoms with E-state index < -0.39 is 0 Å². The molecule has 5 aromatic rings. The monoisotopic (exact) mass is 461 g/mol. The lowest BCUT2D eigenvalue weighted by molar-refractivity contribution is 0.412. The number of aromatic nitrogens is 5. The van der Waals surface area contributed by atoms with E-state index in [0.717, 1.165) is 22.6 Å². The lowest BCUT2D eigenvalue weighted by Gasteiger charge is -2.12. The molecule has 8 nitrogen and oxygen atoms in total. The number of pyridine rings is 1. The highest BCUT2D eigenvalue weighted by Gasteiger charge is 2.19. The van der Waals surface area contributed by atoms with Gasteiger partial charge in [0.25, 0.3) is 5.56 Å². The zero-order valence-corrected chi connectivity index (χ0v) is 19.0. The molecular weight excluding hydrogens is 442 g/mol. The Labute approximate surface area is 194 Å². The summed E-state index contributed by atoms with van der Waals surface area (Å²) in [6.07, 6.45) is 2.36. The minimum atomic E-state index is -0.345. The number of benzene rings is 2. The fraction of sp³-hybridized carbons (Fsp3) is 0.167. The average Bonchev–Trinajstić information content (AvgIpc) is 3.23. The number of aryl methyl sites for hydroxylation is 1. The highest BCUT2D eigenvalue weighted by molar-refractivity contribution is 6.30. The maximum Gasteiger partial charge on any atom is 0.285 e. The Hall–Kier alpha value is -3.91. The Morgan fingerprint density at radius 1 is 1.00 bits per heavy atom. The summed E-state index contributed by atoms with van der Waals surface area (Å²) < 4.78 is 13.8. The van der Waals surface area contributed by atoms with Crippen molar-refractivity contribution in [2.45, 2.75) is 13.3 Å². The molecule has 33 heavy (non-hydrogen) atoms. The fourth-order valence-corrected chi connectivity index (χ4v) is 4.10. The van der Waals surface area contributed by atoms with Gasteiger partial charge in [0.05, 0.1) is 31.2 Å². The summed E-state index contributed by atoms with van der Waals surface area (Å²) in [5.41, 5.74) is 4.22. The van der Waals surface area contributed by atoms with E-state index in [1.54, 1.807) is 49.2 Å². The Morgan fingerprint density at radius 2 is 1.79 bits per heavy atom. The van der Waals surface area contributed by atoms with E-state index in [1.165, 1.54) is 4.57 Å². The maximum atomic E-state index is 13.4. The van der Waals surface area contributed by atoms with Crippen LogP contribution in [-0.2, 0) is 6.42 Å². The minimum absolute atomic E-state index is 0.193. The zero-order chi connectivity index (χ0) is 23.1. The van der Waals surface area contributed by atoms with Crippen molar-refractivity contribution in [3.05, 3.63) is 75.8 Å². The van der Waals surface area contributed by atoms with Crippen molar-refractivity contribution in [3.63, 3.8) is 0 Å². The van der Waals surface area contributed by atoms with E-state index in [9.17, 15) is 4.79 Å². The highest BCUT2D eigenvalue weighted by Crippen LogP contribution is 2.31. The van der Waals surface area contributed by atoms with Gasteiger partial charge in [0.1, 0.15) is 17.0 Å². The molecule has 3 heterocycles. The van der Waals surface area contributed by atoms with E-state index >= 15 is 0 Å². The number of nitrogens with zero attached hydrogens (tertiary/aromatic N) is 5. The number of fused-ring (bicyclic) bond motifs is 3. The number of rotatable bonds is 5. The van der Waals surface area contributed by atoms with Crippen LogP contribution in [0.5, 0.6) is 11.5 Å². The number of hydrogen-bond acceptors (Lipinski definition) is 6. The van der Waals surface area contributed by atoms with Gasteiger partial charge in [0.2, 0.25) is 0 Å². The van der Waals surface area contributed by atoms with E-state index in [2.05, 4.69) is 10.2 Å². The normalized spacial score (nSPS) is 11.3. The summed E-state index contributed by atoms with van der Waals surface area (Å²) in [5.74, 6) is 1.28. The summed E-state index contributed by atoms with van der Waals surface area (Å²) in [7, 11) is 3.17. The van der Waals surface area contributed by atoms with Gasteiger partial charge in [-0.25, -0.2) is 4.52 Å². The first kappa shape index (κ1) is 21.0. The molecule has 0 atom stereocenters. The first-order valence-electron chi connectivity index (χ1n) is 10.3. The molecule has 0 amide bonds. The third-order valence-corrected chi connectivity index (χ3v) is 5.80. The second-order valence-electron chi connectivity index (χ2n) is 7.38. The quantitative estimate of drug-likeness (QED) is 0.387. The molecule has 0 radical (unpaired) electrons. The van der Waals surface area contributed by atoms with Crippen molar-refractivity contribution < 1.29 is 9.47 Å². The largest absolute Gasteiger partial charge is 0.497 e. The predicted molar refractivity (Wildman–Crippen MR) is 127 cm³/mol. The van der Waals surface area contributed by atoms with Crippen LogP contribution in [0.1, 0.15) is 12.6 Å². The van der Waals surface area contributed by atoms with Gasteiger partial charge in [-0.05, 0) is 48.4 Å². The molecule has 5 rings (SSSR count). The van der Waals surface area contributed by atoms with Crippen molar-refractivity contribution in [2.24, 2.45) is 0 Å². The van der Waals surface area contributed by atoms with Crippen molar-refractivity contribution in [1.82, 2.24) is 24.4 Å². The highest BCUT2D eigenvalue weighted by atomic mass is 35.5. The van der Waals surface area contributed by atoms with Crippen molar-refractivity contribution >= 4 is 28.3 Å². The molecule has 9 heteroatoms. The molecule has 0 saturated carbocycles. The minimum Gasteiger partial charge on any atom is -0.497 e. The first-order valence-corrected chi connectivity index (χ1v) is 10.7. The second kappa shape index (κ2) is 8.22. The van der Waals surface area contributed by atoms with E-state index in [1.807, 2.05) is 31.2 Å². The van der Waals surface area contributed by atoms with E-state index in [-0.39, 0.29) is 11.1 Å². The third-order valence-electron chi connectivity index (χ3n) is 5.57. The second-order valence-corrected chi connectivity index (χ2v) is 7.82. The SMILES string of the molecule is CCc1nn2c(nnc3c(=O)n(-c4cc(Cl)ccc4OC)ccc32)c1-c1ccc(OC)cc1. The molecule has 0 spiro atoms. The smallest absolute Gasteiger partial charge is 0.285 e. The van der Waals surface area contributed by atoms with Crippen LogP contribution in [-0.4, -0.2) is 38.6 Å². The average molecular weight is 462 g/mol. The van der Waals surface area contributed by atoms with E-state index in [4.69, 9.17) is 26.2 Å². The van der Waals surface area contributed by atoms with Crippen molar-refractivity contribution in [2.75, 3.05) is 14.2 Å². The molecule has 0 unspecified atom stereocenters. The van der Waals surface area contributed by atoms with Crippen LogP contribution in [0, 0.1) is 0 Å². The Balaban J connectivity index is 1.75. The topological polar surface area (TPSA) is 83.5 Å². The molecule has 2 aromatic carbocycles. The van der Waals surface area contributed by atoms with Gasteiger partial charge in [-0.3, -0.25) is 9.36 Å². The lowest BCUT2D eigenvalue weighted by atomic mass is 10.0. The van der Waals surface area contributed by atoms with Crippen LogP contribution in [0.4, 0.5) is 0 Å². The molecule has 0 aliphatic rings. The van der Waals surface area contributed by atoms with Gasteiger partial charge in [-0.15, -0.1) is 10.2 Å². The molecule has 0 bridgehead atoms. The summed E-state index contributed by atoms with van der Waals surface area (Å²) >= 11 is 6.16. The number of hydrogen-bond donors (Lipinski definition) is 0.